The number of aryl methyl sites for hydroxylation is 1. The average Bonchev–Trinajstić information content (AvgIpc) is 2.68. The largest absolute Gasteiger partial charge is 0.382 e. The van der Waals surface area contributed by atoms with Crippen LogP contribution in [0.1, 0.15) is 17.9 Å². The van der Waals surface area contributed by atoms with Crippen molar-refractivity contribution < 1.29 is 14.0 Å². The van der Waals surface area contributed by atoms with Crippen molar-refractivity contribution >= 4 is 0 Å². The van der Waals surface area contributed by atoms with Crippen molar-refractivity contribution in [2.45, 2.75) is 19.9 Å². The number of ether oxygens (including phenoxy) is 2. The van der Waals surface area contributed by atoms with Gasteiger partial charge in [-0.05, 0) is 19.9 Å². The fourth-order valence-corrected chi connectivity index (χ4v) is 1.25. The Morgan fingerprint density at radius 2 is 2.25 bits per heavy atom. The second-order valence-corrected chi connectivity index (χ2v) is 3.57. The summed E-state index contributed by atoms with van der Waals surface area (Å²) >= 11 is 0. The van der Waals surface area contributed by atoms with Gasteiger partial charge >= 0.3 is 0 Å². The summed E-state index contributed by atoms with van der Waals surface area (Å²) < 4.78 is 15.3. The molecule has 0 atom stereocenters. The standard InChI is InChI=1S/C11H20N2O3/c1-10-8-11(16-13-10)9-12-4-3-5-15-7-6-14-2/h8,12H,3-7,9H2,1-2H3. The molecule has 0 aliphatic carbocycles. The molecule has 0 aliphatic heterocycles. The molecule has 1 aromatic heterocycles. The van der Waals surface area contributed by atoms with Gasteiger partial charge in [0.1, 0.15) is 0 Å². The van der Waals surface area contributed by atoms with Crippen LogP contribution in [-0.2, 0) is 16.0 Å². The van der Waals surface area contributed by atoms with Crippen LogP contribution in [0.4, 0.5) is 0 Å². The first-order valence-electron chi connectivity index (χ1n) is 5.52. The Morgan fingerprint density at radius 1 is 1.38 bits per heavy atom. The number of aromatic nitrogens is 1. The van der Waals surface area contributed by atoms with Crippen LogP contribution in [0.2, 0.25) is 0 Å². The molecule has 1 heterocycles. The zero-order valence-corrected chi connectivity index (χ0v) is 9.99. The van der Waals surface area contributed by atoms with Gasteiger partial charge in [-0.25, -0.2) is 0 Å². The summed E-state index contributed by atoms with van der Waals surface area (Å²) in [4.78, 5) is 0. The second kappa shape index (κ2) is 8.27. The van der Waals surface area contributed by atoms with E-state index in [0.717, 1.165) is 37.6 Å². The predicted molar refractivity (Wildman–Crippen MR) is 60.3 cm³/mol. The summed E-state index contributed by atoms with van der Waals surface area (Å²) in [5.74, 6) is 0.873. The maximum absolute atomic E-state index is 5.33. The van der Waals surface area contributed by atoms with E-state index in [1.165, 1.54) is 0 Å². The van der Waals surface area contributed by atoms with Crippen molar-refractivity contribution in [1.82, 2.24) is 10.5 Å². The van der Waals surface area contributed by atoms with Crippen LogP contribution in [0.15, 0.2) is 10.6 Å². The first-order chi connectivity index (χ1) is 7.83. The lowest BCUT2D eigenvalue weighted by atomic mass is 10.3. The molecule has 0 bridgehead atoms. The molecule has 0 unspecified atom stereocenters. The number of hydrogen-bond donors (Lipinski definition) is 1. The fraction of sp³-hybridized carbons (Fsp3) is 0.727. The highest BCUT2D eigenvalue weighted by Crippen LogP contribution is 2.00. The summed E-state index contributed by atoms with van der Waals surface area (Å²) in [6.45, 7) is 5.62. The van der Waals surface area contributed by atoms with Gasteiger partial charge in [0, 0.05) is 19.8 Å². The lowest BCUT2D eigenvalue weighted by Crippen LogP contribution is -2.16. The Morgan fingerprint density at radius 3 is 2.94 bits per heavy atom. The van der Waals surface area contributed by atoms with E-state index in [1.807, 2.05) is 13.0 Å². The van der Waals surface area contributed by atoms with Crippen molar-refractivity contribution in [3.8, 4) is 0 Å². The summed E-state index contributed by atoms with van der Waals surface area (Å²) in [5, 5.41) is 7.07. The molecule has 16 heavy (non-hydrogen) atoms. The van der Waals surface area contributed by atoms with Gasteiger partial charge in [0.2, 0.25) is 0 Å². The molecule has 0 aliphatic rings. The topological polar surface area (TPSA) is 56.5 Å². The normalized spacial score (nSPS) is 10.9. The average molecular weight is 228 g/mol. The van der Waals surface area contributed by atoms with Crippen LogP contribution < -0.4 is 5.32 Å². The van der Waals surface area contributed by atoms with Crippen LogP contribution in [0.25, 0.3) is 0 Å². The van der Waals surface area contributed by atoms with Gasteiger partial charge < -0.3 is 19.3 Å². The molecule has 0 aromatic carbocycles. The smallest absolute Gasteiger partial charge is 0.150 e. The highest BCUT2D eigenvalue weighted by atomic mass is 16.5. The fourth-order valence-electron chi connectivity index (χ4n) is 1.25. The van der Waals surface area contributed by atoms with Crippen LogP contribution in [0.5, 0.6) is 0 Å². The SMILES string of the molecule is COCCOCCCNCc1cc(C)no1. The third-order valence-electron chi connectivity index (χ3n) is 2.05. The Labute approximate surface area is 96.1 Å². The van der Waals surface area contributed by atoms with Crippen molar-refractivity contribution in [3.63, 3.8) is 0 Å². The first-order valence-corrected chi connectivity index (χ1v) is 5.52. The zero-order valence-electron chi connectivity index (χ0n) is 9.99. The maximum atomic E-state index is 5.33. The highest BCUT2D eigenvalue weighted by molar-refractivity contribution is 5.02. The van der Waals surface area contributed by atoms with E-state index in [1.54, 1.807) is 7.11 Å². The third-order valence-corrected chi connectivity index (χ3v) is 2.05. The molecule has 0 fully saturated rings. The molecule has 0 saturated heterocycles. The summed E-state index contributed by atoms with van der Waals surface area (Å²) in [6.07, 6.45) is 0.983. The minimum absolute atomic E-state index is 0.658. The van der Waals surface area contributed by atoms with Gasteiger partial charge in [-0.1, -0.05) is 5.16 Å². The van der Waals surface area contributed by atoms with Crippen molar-refractivity contribution in [2.24, 2.45) is 0 Å². The highest BCUT2D eigenvalue weighted by Gasteiger charge is 1.98. The van der Waals surface area contributed by atoms with E-state index in [4.69, 9.17) is 14.0 Å². The van der Waals surface area contributed by atoms with Gasteiger partial charge in [0.25, 0.3) is 0 Å². The van der Waals surface area contributed by atoms with Crippen molar-refractivity contribution in [3.05, 3.63) is 17.5 Å². The minimum atomic E-state index is 0.658. The van der Waals surface area contributed by atoms with E-state index in [9.17, 15) is 0 Å². The van der Waals surface area contributed by atoms with E-state index in [0.29, 0.717) is 13.2 Å². The van der Waals surface area contributed by atoms with Crippen LogP contribution in [0, 0.1) is 6.92 Å². The molecule has 1 N–H and O–H groups in total. The Kier molecular flexibility index (Phi) is 6.80. The first kappa shape index (κ1) is 13.2. The number of rotatable bonds is 9. The molecular weight excluding hydrogens is 208 g/mol. The molecule has 92 valence electrons. The van der Waals surface area contributed by atoms with Crippen molar-refractivity contribution in [1.29, 1.82) is 0 Å². The Hall–Kier alpha value is -0.910. The molecule has 0 spiro atoms. The van der Waals surface area contributed by atoms with Gasteiger partial charge in [-0.15, -0.1) is 0 Å². The molecule has 5 nitrogen and oxygen atoms in total. The summed E-state index contributed by atoms with van der Waals surface area (Å²) in [7, 11) is 1.67. The molecule has 0 amide bonds. The second-order valence-electron chi connectivity index (χ2n) is 3.57. The zero-order chi connectivity index (χ0) is 11.6. The van der Waals surface area contributed by atoms with Gasteiger partial charge in [-0.2, -0.15) is 0 Å². The molecule has 1 aromatic rings. The molecule has 1 rings (SSSR count). The lowest BCUT2D eigenvalue weighted by Gasteiger charge is -2.04. The number of methoxy groups -OCH3 is 1. The van der Waals surface area contributed by atoms with E-state index >= 15 is 0 Å². The number of hydrogen-bond acceptors (Lipinski definition) is 5. The monoisotopic (exact) mass is 228 g/mol. The number of nitrogens with zero attached hydrogens (tertiary/aromatic N) is 1. The van der Waals surface area contributed by atoms with E-state index in [-0.39, 0.29) is 0 Å². The lowest BCUT2D eigenvalue weighted by molar-refractivity contribution is 0.0694. The minimum Gasteiger partial charge on any atom is -0.382 e. The van der Waals surface area contributed by atoms with Gasteiger partial charge in [-0.3, -0.25) is 0 Å². The van der Waals surface area contributed by atoms with Crippen LogP contribution >= 0.6 is 0 Å². The van der Waals surface area contributed by atoms with Gasteiger partial charge in [0.05, 0.1) is 25.5 Å². The Balaban J connectivity index is 1.88. The van der Waals surface area contributed by atoms with E-state index in [2.05, 4.69) is 10.5 Å². The molecular formula is C11H20N2O3. The quantitative estimate of drug-likeness (QED) is 0.642. The molecule has 0 radical (unpaired) electrons. The Bertz CT molecular complexity index is 276. The molecule has 5 heteroatoms. The summed E-state index contributed by atoms with van der Waals surface area (Å²) in [6, 6.07) is 1.93. The van der Waals surface area contributed by atoms with Crippen LogP contribution in [-0.4, -0.2) is 38.6 Å². The predicted octanol–water partition coefficient (Wildman–Crippen LogP) is 1.13. The summed E-state index contributed by atoms with van der Waals surface area (Å²) in [5.41, 5.74) is 0.916. The number of nitrogens with one attached hydrogen (secondary N) is 1. The third kappa shape index (κ3) is 5.85. The van der Waals surface area contributed by atoms with Gasteiger partial charge in [0.15, 0.2) is 5.76 Å². The van der Waals surface area contributed by atoms with Crippen LogP contribution in [0.3, 0.4) is 0 Å². The molecule has 0 saturated carbocycles. The van der Waals surface area contributed by atoms with E-state index < -0.39 is 0 Å². The van der Waals surface area contributed by atoms with Crippen molar-refractivity contribution in [2.75, 3.05) is 33.5 Å². The maximum Gasteiger partial charge on any atom is 0.150 e.